The fraction of sp³-hybridized carbons (Fsp3) is 0.889. The first-order valence-corrected chi connectivity index (χ1v) is 5.02. The molecule has 5 nitrogen and oxygen atoms in total. The van der Waals surface area contributed by atoms with Gasteiger partial charge in [0.15, 0.2) is 12.3 Å². The van der Waals surface area contributed by atoms with E-state index in [1.807, 2.05) is 16.8 Å². The van der Waals surface area contributed by atoms with E-state index in [2.05, 4.69) is 6.92 Å². The summed E-state index contributed by atoms with van der Waals surface area (Å²) in [6.45, 7) is 3.63. The monoisotopic (exact) mass is 200 g/mol. The molecule has 0 aliphatic carbocycles. The van der Waals surface area contributed by atoms with Gasteiger partial charge in [-0.1, -0.05) is 13.3 Å². The lowest BCUT2D eigenvalue weighted by atomic mass is 10.3. The third-order valence-electron chi connectivity index (χ3n) is 2.56. The van der Waals surface area contributed by atoms with Crippen molar-refractivity contribution < 1.29 is 5.11 Å². The smallest absolute Gasteiger partial charge is 0.197 e. The van der Waals surface area contributed by atoms with Crippen LogP contribution in [0.1, 0.15) is 19.8 Å². The van der Waals surface area contributed by atoms with Crippen LogP contribution in [0.4, 0.5) is 0 Å². The van der Waals surface area contributed by atoms with Crippen LogP contribution in [-0.4, -0.2) is 59.4 Å². The summed E-state index contributed by atoms with van der Waals surface area (Å²) >= 11 is 0. The van der Waals surface area contributed by atoms with Crippen molar-refractivity contribution >= 4 is 5.96 Å². The largest absolute Gasteiger partial charge is 0.361 e. The number of hydrogen-bond donors (Lipinski definition) is 2. The first kappa shape index (κ1) is 11.3. The van der Waals surface area contributed by atoms with Crippen molar-refractivity contribution in [2.75, 3.05) is 27.3 Å². The van der Waals surface area contributed by atoms with E-state index in [0.717, 1.165) is 19.4 Å². The van der Waals surface area contributed by atoms with Gasteiger partial charge in [-0.3, -0.25) is 5.41 Å². The molecule has 0 unspecified atom stereocenters. The van der Waals surface area contributed by atoms with Gasteiger partial charge in [-0.25, -0.2) is 4.90 Å². The van der Waals surface area contributed by atoms with Gasteiger partial charge in [0.25, 0.3) is 0 Å². The van der Waals surface area contributed by atoms with Crippen molar-refractivity contribution in [1.82, 2.24) is 14.7 Å². The summed E-state index contributed by atoms with van der Waals surface area (Å²) in [7, 11) is 3.60. The zero-order valence-corrected chi connectivity index (χ0v) is 9.19. The number of rotatable bonds is 3. The molecule has 0 aromatic carbocycles. The van der Waals surface area contributed by atoms with Crippen molar-refractivity contribution in [1.29, 1.82) is 5.41 Å². The maximum absolute atomic E-state index is 9.84. The molecule has 0 amide bonds. The fourth-order valence-corrected chi connectivity index (χ4v) is 1.58. The van der Waals surface area contributed by atoms with Gasteiger partial charge in [0.05, 0.1) is 6.67 Å². The molecule has 1 fully saturated rings. The Labute approximate surface area is 85.4 Å². The number of unbranched alkanes of at least 4 members (excludes halogenated alkanes) is 1. The normalized spacial score (nSPS) is 24.6. The standard InChI is InChI=1S/C9H20N4O/c1-4-5-6-13-7-11(2)8(10)12(3)9(13)14/h9-10,14H,4-7H2,1-3H3/t9-/m1/s1. The van der Waals surface area contributed by atoms with E-state index in [9.17, 15) is 5.11 Å². The first-order chi connectivity index (χ1) is 6.57. The Balaban J connectivity index is 2.56. The minimum absolute atomic E-state index is 0.366. The first-order valence-electron chi connectivity index (χ1n) is 5.02. The molecule has 1 atom stereocenters. The number of aliphatic hydroxyl groups is 1. The molecule has 0 aromatic heterocycles. The zero-order chi connectivity index (χ0) is 10.7. The summed E-state index contributed by atoms with van der Waals surface area (Å²) in [5, 5.41) is 17.5. The number of guanidine groups is 1. The van der Waals surface area contributed by atoms with Crippen molar-refractivity contribution in [2.45, 2.75) is 26.1 Å². The van der Waals surface area contributed by atoms with Gasteiger partial charge in [0.2, 0.25) is 0 Å². The molecule has 0 radical (unpaired) electrons. The second kappa shape index (κ2) is 4.61. The Bertz CT molecular complexity index is 209. The Hall–Kier alpha value is -0.810. The molecule has 1 aliphatic heterocycles. The maximum atomic E-state index is 9.84. The van der Waals surface area contributed by atoms with Gasteiger partial charge in [0.1, 0.15) is 0 Å². The van der Waals surface area contributed by atoms with Gasteiger partial charge in [0, 0.05) is 20.6 Å². The second-order valence-corrected chi connectivity index (χ2v) is 3.79. The average molecular weight is 200 g/mol. The average Bonchev–Trinajstić information content (AvgIpc) is 2.18. The topological polar surface area (TPSA) is 53.8 Å². The van der Waals surface area contributed by atoms with Gasteiger partial charge in [-0.2, -0.15) is 0 Å². The van der Waals surface area contributed by atoms with Crippen LogP contribution in [-0.2, 0) is 0 Å². The summed E-state index contributed by atoms with van der Waals surface area (Å²) in [4.78, 5) is 5.35. The number of hydrogen-bond acceptors (Lipinski definition) is 3. The molecular formula is C9H20N4O. The summed E-state index contributed by atoms with van der Waals surface area (Å²) in [5.41, 5.74) is 0. The van der Waals surface area contributed by atoms with Crippen LogP contribution in [0.25, 0.3) is 0 Å². The Morgan fingerprint density at radius 2 is 2.14 bits per heavy atom. The highest BCUT2D eigenvalue weighted by Gasteiger charge is 2.29. The third kappa shape index (κ3) is 2.16. The summed E-state index contributed by atoms with van der Waals surface area (Å²) < 4.78 is 0. The molecule has 14 heavy (non-hydrogen) atoms. The highest BCUT2D eigenvalue weighted by molar-refractivity contribution is 5.77. The lowest BCUT2D eigenvalue weighted by Crippen LogP contribution is -2.61. The fourth-order valence-electron chi connectivity index (χ4n) is 1.58. The van der Waals surface area contributed by atoms with E-state index in [0.29, 0.717) is 12.6 Å². The van der Waals surface area contributed by atoms with Crippen LogP contribution in [0, 0.1) is 5.41 Å². The molecule has 1 rings (SSSR count). The Morgan fingerprint density at radius 1 is 1.50 bits per heavy atom. The highest BCUT2D eigenvalue weighted by Crippen LogP contribution is 2.12. The Morgan fingerprint density at radius 3 is 2.71 bits per heavy atom. The minimum atomic E-state index is -0.648. The summed E-state index contributed by atoms with van der Waals surface area (Å²) in [6, 6.07) is 0. The predicted octanol–water partition coefficient (Wildman–Crippen LogP) is 0.134. The Kier molecular flexibility index (Phi) is 3.71. The molecule has 0 spiro atoms. The molecular weight excluding hydrogens is 180 g/mol. The van der Waals surface area contributed by atoms with Crippen LogP contribution in [0.15, 0.2) is 0 Å². The highest BCUT2D eigenvalue weighted by atomic mass is 16.3. The van der Waals surface area contributed by atoms with Gasteiger partial charge in [-0.15, -0.1) is 0 Å². The number of aliphatic hydroxyl groups excluding tert-OH is 1. The summed E-state index contributed by atoms with van der Waals surface area (Å²) in [5.74, 6) is 0.366. The second-order valence-electron chi connectivity index (χ2n) is 3.79. The minimum Gasteiger partial charge on any atom is -0.361 e. The van der Waals surface area contributed by atoms with Crippen molar-refractivity contribution in [3.05, 3.63) is 0 Å². The maximum Gasteiger partial charge on any atom is 0.197 e. The molecule has 0 aromatic rings. The molecule has 1 aliphatic rings. The lowest BCUT2D eigenvalue weighted by molar-refractivity contribution is -0.111. The van der Waals surface area contributed by atoms with E-state index in [4.69, 9.17) is 5.41 Å². The van der Waals surface area contributed by atoms with E-state index < -0.39 is 6.35 Å². The van der Waals surface area contributed by atoms with Gasteiger partial charge in [-0.05, 0) is 6.42 Å². The van der Waals surface area contributed by atoms with E-state index >= 15 is 0 Å². The van der Waals surface area contributed by atoms with Gasteiger partial charge < -0.3 is 14.9 Å². The zero-order valence-electron chi connectivity index (χ0n) is 9.19. The van der Waals surface area contributed by atoms with Crippen molar-refractivity contribution in [3.63, 3.8) is 0 Å². The van der Waals surface area contributed by atoms with E-state index in [1.54, 1.807) is 11.9 Å². The van der Waals surface area contributed by atoms with Crippen LogP contribution in [0.5, 0.6) is 0 Å². The van der Waals surface area contributed by atoms with Crippen LogP contribution >= 0.6 is 0 Å². The lowest BCUT2D eigenvalue weighted by Gasteiger charge is -2.44. The quantitative estimate of drug-likeness (QED) is 0.680. The van der Waals surface area contributed by atoms with Crippen LogP contribution in [0.2, 0.25) is 0 Å². The van der Waals surface area contributed by atoms with E-state index in [1.165, 1.54) is 0 Å². The summed E-state index contributed by atoms with van der Waals surface area (Å²) in [6.07, 6.45) is 1.55. The number of nitrogens with one attached hydrogen (secondary N) is 1. The SMILES string of the molecule is CCCCN1CN(C)C(=N)N(C)[C@H]1O. The van der Waals surface area contributed by atoms with Gasteiger partial charge >= 0.3 is 0 Å². The van der Waals surface area contributed by atoms with Crippen LogP contribution < -0.4 is 0 Å². The molecule has 1 heterocycles. The molecule has 2 N–H and O–H groups in total. The molecule has 0 saturated carbocycles. The number of nitrogens with zero attached hydrogens (tertiary/aromatic N) is 3. The molecule has 5 heteroatoms. The molecule has 1 saturated heterocycles. The van der Waals surface area contributed by atoms with E-state index in [-0.39, 0.29) is 0 Å². The van der Waals surface area contributed by atoms with Crippen LogP contribution in [0.3, 0.4) is 0 Å². The van der Waals surface area contributed by atoms with Crippen molar-refractivity contribution in [3.8, 4) is 0 Å². The predicted molar refractivity (Wildman–Crippen MR) is 55.7 cm³/mol. The third-order valence-corrected chi connectivity index (χ3v) is 2.56. The molecule has 82 valence electrons. The van der Waals surface area contributed by atoms with Crippen molar-refractivity contribution in [2.24, 2.45) is 0 Å². The molecule has 0 bridgehead atoms.